The summed E-state index contributed by atoms with van der Waals surface area (Å²) in [6, 6.07) is 10.0. The molecule has 0 aromatic heterocycles. The summed E-state index contributed by atoms with van der Waals surface area (Å²) in [5, 5.41) is 0. The van der Waals surface area contributed by atoms with Gasteiger partial charge in [0.25, 0.3) is 0 Å². The third-order valence-corrected chi connectivity index (χ3v) is 3.82. The van der Waals surface area contributed by atoms with E-state index in [9.17, 15) is 4.79 Å². The Kier molecular flexibility index (Phi) is 4.02. The zero-order chi connectivity index (χ0) is 13.0. The molecule has 0 N–H and O–H groups in total. The van der Waals surface area contributed by atoms with E-state index in [0.29, 0.717) is 6.61 Å². The van der Waals surface area contributed by atoms with Crippen molar-refractivity contribution in [3.8, 4) is 0 Å². The number of carbonyl (C=O) groups is 1. The number of methoxy groups -OCH3 is 1. The van der Waals surface area contributed by atoms with Crippen LogP contribution in [0, 0.1) is 5.41 Å². The molecule has 1 aliphatic carbocycles. The maximum atomic E-state index is 11.9. The predicted molar refractivity (Wildman–Crippen MR) is 69.0 cm³/mol. The first-order valence-electron chi connectivity index (χ1n) is 6.41. The molecule has 0 heterocycles. The van der Waals surface area contributed by atoms with E-state index < -0.39 is 5.41 Å². The van der Waals surface area contributed by atoms with Crippen LogP contribution >= 0.6 is 0 Å². The molecule has 3 nitrogen and oxygen atoms in total. The van der Waals surface area contributed by atoms with Gasteiger partial charge in [0.2, 0.25) is 0 Å². The van der Waals surface area contributed by atoms with Crippen LogP contribution < -0.4 is 0 Å². The van der Waals surface area contributed by atoms with Gasteiger partial charge in [-0.3, -0.25) is 4.79 Å². The van der Waals surface area contributed by atoms with Gasteiger partial charge in [0, 0.05) is 0 Å². The fourth-order valence-electron chi connectivity index (χ4n) is 2.64. The molecular formula is C15H20O3. The van der Waals surface area contributed by atoms with Crippen molar-refractivity contribution in [2.75, 3.05) is 7.11 Å². The standard InChI is InChI=1S/C15H20O3/c1-15(14(16)17-2)10-6-9-13(15)18-11-12-7-4-3-5-8-12/h3-5,7-8,13H,6,9-11H2,1-2H3. The highest BCUT2D eigenvalue weighted by atomic mass is 16.5. The van der Waals surface area contributed by atoms with Gasteiger partial charge in [-0.2, -0.15) is 0 Å². The van der Waals surface area contributed by atoms with Crippen molar-refractivity contribution in [3.63, 3.8) is 0 Å². The number of benzene rings is 1. The summed E-state index contributed by atoms with van der Waals surface area (Å²) in [7, 11) is 1.44. The van der Waals surface area contributed by atoms with Crippen LogP contribution in [-0.2, 0) is 20.9 Å². The van der Waals surface area contributed by atoms with E-state index in [1.165, 1.54) is 7.11 Å². The smallest absolute Gasteiger partial charge is 0.314 e. The zero-order valence-electron chi connectivity index (χ0n) is 11.0. The molecule has 0 spiro atoms. The van der Waals surface area contributed by atoms with E-state index >= 15 is 0 Å². The fraction of sp³-hybridized carbons (Fsp3) is 0.533. The van der Waals surface area contributed by atoms with Crippen LogP contribution in [0.1, 0.15) is 31.7 Å². The number of ether oxygens (including phenoxy) is 2. The van der Waals surface area contributed by atoms with Crippen LogP contribution in [0.2, 0.25) is 0 Å². The lowest BCUT2D eigenvalue weighted by Crippen LogP contribution is -2.38. The van der Waals surface area contributed by atoms with Crippen LogP contribution in [0.3, 0.4) is 0 Å². The number of carbonyl (C=O) groups excluding carboxylic acids is 1. The molecule has 0 saturated heterocycles. The Morgan fingerprint density at radius 2 is 2.11 bits per heavy atom. The minimum atomic E-state index is -0.483. The second-order valence-electron chi connectivity index (χ2n) is 5.09. The molecule has 0 amide bonds. The number of rotatable bonds is 4. The van der Waals surface area contributed by atoms with E-state index in [4.69, 9.17) is 9.47 Å². The highest BCUT2D eigenvalue weighted by Gasteiger charge is 2.46. The molecule has 3 heteroatoms. The van der Waals surface area contributed by atoms with Gasteiger partial charge >= 0.3 is 5.97 Å². The van der Waals surface area contributed by atoms with Crippen LogP contribution in [0.25, 0.3) is 0 Å². The maximum absolute atomic E-state index is 11.9. The molecule has 18 heavy (non-hydrogen) atoms. The van der Waals surface area contributed by atoms with Crippen molar-refractivity contribution >= 4 is 5.97 Å². The Balaban J connectivity index is 1.98. The summed E-state index contributed by atoms with van der Waals surface area (Å²) in [4.78, 5) is 11.9. The molecule has 0 radical (unpaired) electrons. The molecule has 1 aromatic rings. The molecule has 1 aromatic carbocycles. The normalized spacial score (nSPS) is 27.1. The van der Waals surface area contributed by atoms with Gasteiger partial charge in [-0.25, -0.2) is 0 Å². The van der Waals surface area contributed by atoms with Gasteiger partial charge in [-0.1, -0.05) is 30.3 Å². The van der Waals surface area contributed by atoms with Gasteiger partial charge < -0.3 is 9.47 Å². The number of hydrogen-bond acceptors (Lipinski definition) is 3. The molecule has 1 fully saturated rings. The molecule has 0 aliphatic heterocycles. The van der Waals surface area contributed by atoms with Crippen molar-refractivity contribution in [2.24, 2.45) is 5.41 Å². The van der Waals surface area contributed by atoms with Gasteiger partial charge in [0.05, 0.1) is 25.2 Å². The van der Waals surface area contributed by atoms with Crippen molar-refractivity contribution in [1.29, 1.82) is 0 Å². The minimum absolute atomic E-state index is 0.0369. The largest absolute Gasteiger partial charge is 0.469 e. The van der Waals surface area contributed by atoms with E-state index in [-0.39, 0.29) is 12.1 Å². The fourth-order valence-corrected chi connectivity index (χ4v) is 2.64. The monoisotopic (exact) mass is 248 g/mol. The lowest BCUT2D eigenvalue weighted by atomic mass is 9.86. The van der Waals surface area contributed by atoms with Gasteiger partial charge in [-0.15, -0.1) is 0 Å². The number of esters is 1. The second kappa shape index (κ2) is 5.53. The first-order chi connectivity index (χ1) is 8.66. The first kappa shape index (κ1) is 13.1. The summed E-state index contributed by atoms with van der Waals surface area (Å²) in [6.45, 7) is 2.50. The van der Waals surface area contributed by atoms with Crippen LogP contribution in [0.15, 0.2) is 30.3 Å². The average molecular weight is 248 g/mol. The molecular weight excluding hydrogens is 228 g/mol. The Labute approximate surface area is 108 Å². The topological polar surface area (TPSA) is 35.5 Å². The summed E-state index contributed by atoms with van der Waals surface area (Å²) >= 11 is 0. The summed E-state index contributed by atoms with van der Waals surface area (Å²) < 4.78 is 10.8. The zero-order valence-corrected chi connectivity index (χ0v) is 11.0. The average Bonchev–Trinajstić information content (AvgIpc) is 2.79. The first-order valence-corrected chi connectivity index (χ1v) is 6.41. The van der Waals surface area contributed by atoms with Crippen LogP contribution in [0.4, 0.5) is 0 Å². The third kappa shape index (κ3) is 2.56. The van der Waals surface area contributed by atoms with Crippen molar-refractivity contribution < 1.29 is 14.3 Å². The van der Waals surface area contributed by atoms with E-state index in [1.54, 1.807) is 0 Å². The van der Waals surface area contributed by atoms with Crippen LogP contribution in [-0.4, -0.2) is 19.2 Å². The van der Waals surface area contributed by atoms with Gasteiger partial charge in [0.1, 0.15) is 0 Å². The van der Waals surface area contributed by atoms with Crippen molar-refractivity contribution in [3.05, 3.63) is 35.9 Å². The lowest BCUT2D eigenvalue weighted by molar-refractivity contribution is -0.160. The summed E-state index contributed by atoms with van der Waals surface area (Å²) in [5.41, 5.74) is 0.653. The molecule has 0 bridgehead atoms. The van der Waals surface area contributed by atoms with Gasteiger partial charge in [0.15, 0.2) is 0 Å². The second-order valence-corrected chi connectivity index (χ2v) is 5.09. The van der Waals surface area contributed by atoms with Gasteiger partial charge in [-0.05, 0) is 31.7 Å². The Morgan fingerprint density at radius 3 is 2.78 bits per heavy atom. The SMILES string of the molecule is COC(=O)C1(C)CCCC1OCc1ccccc1. The van der Waals surface area contributed by atoms with E-state index in [2.05, 4.69) is 0 Å². The predicted octanol–water partition coefficient (Wildman–Crippen LogP) is 2.94. The van der Waals surface area contributed by atoms with E-state index in [0.717, 1.165) is 24.8 Å². The molecule has 1 aliphatic rings. The maximum Gasteiger partial charge on any atom is 0.314 e. The molecule has 2 rings (SSSR count). The quantitative estimate of drug-likeness (QED) is 0.768. The molecule has 2 atom stereocenters. The third-order valence-electron chi connectivity index (χ3n) is 3.82. The summed E-state index contributed by atoms with van der Waals surface area (Å²) in [5.74, 6) is -0.155. The van der Waals surface area contributed by atoms with Crippen LogP contribution in [0.5, 0.6) is 0 Å². The number of hydrogen-bond donors (Lipinski definition) is 0. The Morgan fingerprint density at radius 1 is 1.39 bits per heavy atom. The lowest BCUT2D eigenvalue weighted by Gasteiger charge is -2.28. The Bertz CT molecular complexity index is 401. The van der Waals surface area contributed by atoms with E-state index in [1.807, 2.05) is 37.3 Å². The molecule has 2 unspecified atom stereocenters. The van der Waals surface area contributed by atoms with Crippen molar-refractivity contribution in [1.82, 2.24) is 0 Å². The summed E-state index contributed by atoms with van der Waals surface area (Å²) in [6.07, 6.45) is 2.76. The highest BCUT2D eigenvalue weighted by molar-refractivity contribution is 5.77. The van der Waals surface area contributed by atoms with Crippen molar-refractivity contribution in [2.45, 2.75) is 38.9 Å². The highest BCUT2D eigenvalue weighted by Crippen LogP contribution is 2.41. The molecule has 98 valence electrons. The molecule has 1 saturated carbocycles. The minimum Gasteiger partial charge on any atom is -0.469 e. The Hall–Kier alpha value is -1.35.